The minimum atomic E-state index is -0.0303. The molecule has 2 aromatic rings. The molecule has 132 valence electrons. The van der Waals surface area contributed by atoms with E-state index in [1.807, 2.05) is 37.4 Å². The molecular formula is C18H21N3O3S. The topological polar surface area (TPSA) is 71.5 Å². The zero-order chi connectivity index (χ0) is 17.8. The first-order valence-electron chi connectivity index (χ1n) is 8.45. The number of carbonyl (C=O) groups is 2. The molecule has 1 aromatic carbocycles. The lowest BCUT2D eigenvalue weighted by atomic mass is 10.1. The van der Waals surface area contributed by atoms with Crippen LogP contribution < -0.4 is 15.0 Å². The van der Waals surface area contributed by atoms with Crippen molar-refractivity contribution in [2.75, 3.05) is 23.4 Å². The van der Waals surface area contributed by atoms with E-state index >= 15 is 0 Å². The molecule has 0 atom stereocenters. The molecule has 0 radical (unpaired) electrons. The van der Waals surface area contributed by atoms with Crippen molar-refractivity contribution in [3.63, 3.8) is 0 Å². The molecule has 25 heavy (non-hydrogen) atoms. The molecule has 0 fully saturated rings. The van der Waals surface area contributed by atoms with Crippen molar-refractivity contribution in [2.45, 2.75) is 33.1 Å². The fraction of sp³-hybridized carbons (Fsp3) is 0.389. The van der Waals surface area contributed by atoms with Gasteiger partial charge < -0.3 is 15.0 Å². The third kappa shape index (κ3) is 3.82. The van der Waals surface area contributed by atoms with Gasteiger partial charge in [0.25, 0.3) is 5.91 Å². The number of hydrogen-bond donors (Lipinski definition) is 1. The third-order valence-corrected chi connectivity index (χ3v) is 4.63. The van der Waals surface area contributed by atoms with Crippen molar-refractivity contribution in [3.8, 4) is 17.0 Å². The third-order valence-electron chi connectivity index (χ3n) is 3.87. The lowest BCUT2D eigenvalue weighted by molar-refractivity contribution is -0.121. The maximum atomic E-state index is 12.1. The van der Waals surface area contributed by atoms with Gasteiger partial charge in [0.2, 0.25) is 5.91 Å². The van der Waals surface area contributed by atoms with Crippen LogP contribution in [0.15, 0.2) is 23.6 Å². The van der Waals surface area contributed by atoms with Crippen LogP contribution >= 0.6 is 11.3 Å². The van der Waals surface area contributed by atoms with Gasteiger partial charge in [0.15, 0.2) is 11.7 Å². The lowest BCUT2D eigenvalue weighted by Crippen LogP contribution is -2.39. The molecule has 0 saturated carbocycles. The van der Waals surface area contributed by atoms with Gasteiger partial charge in [0, 0.05) is 23.9 Å². The van der Waals surface area contributed by atoms with Crippen LogP contribution in [0, 0.1) is 0 Å². The average Bonchev–Trinajstić information content (AvgIpc) is 3.05. The molecule has 0 bridgehead atoms. The standard InChI is InChI=1S/C18H21N3O3S/c1-3-5-16(22)20-18-19-13(11-25-18)12-6-7-15-14(9-12)21(8-4-2)17(23)10-24-15/h6-7,9,11H,3-5,8,10H2,1-2H3,(H,19,20,22). The molecular weight excluding hydrogens is 338 g/mol. The number of hydrogen-bond acceptors (Lipinski definition) is 5. The summed E-state index contributed by atoms with van der Waals surface area (Å²) in [5, 5.41) is 5.30. The number of rotatable bonds is 6. The van der Waals surface area contributed by atoms with Crippen molar-refractivity contribution < 1.29 is 14.3 Å². The van der Waals surface area contributed by atoms with Crippen molar-refractivity contribution in [2.24, 2.45) is 0 Å². The number of carbonyl (C=O) groups excluding carboxylic acids is 2. The van der Waals surface area contributed by atoms with Crippen LogP contribution in [0.3, 0.4) is 0 Å². The Balaban J connectivity index is 1.86. The van der Waals surface area contributed by atoms with Crippen LogP contribution in [0.4, 0.5) is 10.8 Å². The molecule has 0 spiro atoms. The predicted octanol–water partition coefficient (Wildman–Crippen LogP) is 3.68. The summed E-state index contributed by atoms with van der Waals surface area (Å²) in [5.74, 6) is 0.655. The second-order valence-corrected chi connectivity index (χ2v) is 6.71. The maximum Gasteiger partial charge on any atom is 0.265 e. The number of ether oxygens (including phenoxy) is 1. The smallest absolute Gasteiger partial charge is 0.265 e. The largest absolute Gasteiger partial charge is 0.482 e. The van der Waals surface area contributed by atoms with E-state index in [0.29, 0.717) is 23.8 Å². The number of nitrogens with zero attached hydrogens (tertiary/aromatic N) is 2. The number of aromatic nitrogens is 1. The number of fused-ring (bicyclic) bond motifs is 1. The van der Waals surface area contributed by atoms with Gasteiger partial charge >= 0.3 is 0 Å². The van der Waals surface area contributed by atoms with Gasteiger partial charge in [-0.2, -0.15) is 0 Å². The highest BCUT2D eigenvalue weighted by Crippen LogP contribution is 2.36. The van der Waals surface area contributed by atoms with Crippen molar-refractivity contribution in [3.05, 3.63) is 23.6 Å². The van der Waals surface area contributed by atoms with Crippen LogP contribution in [0.1, 0.15) is 33.1 Å². The lowest BCUT2D eigenvalue weighted by Gasteiger charge is -2.29. The minimum absolute atomic E-state index is 0.0260. The SMILES string of the molecule is CCCC(=O)Nc1nc(-c2ccc3c(c2)N(CCC)C(=O)CO3)cs1. The van der Waals surface area contributed by atoms with E-state index in [1.165, 1.54) is 11.3 Å². The molecule has 1 aliphatic rings. The number of thiazole rings is 1. The molecule has 6 nitrogen and oxygen atoms in total. The predicted molar refractivity (Wildman–Crippen MR) is 99.2 cm³/mol. The average molecular weight is 359 g/mol. The summed E-state index contributed by atoms with van der Waals surface area (Å²) < 4.78 is 5.52. The van der Waals surface area contributed by atoms with Gasteiger partial charge in [0.05, 0.1) is 11.4 Å². The Kier molecular flexibility index (Phi) is 5.33. The molecule has 1 aliphatic heterocycles. The van der Waals surface area contributed by atoms with E-state index < -0.39 is 0 Å². The summed E-state index contributed by atoms with van der Waals surface area (Å²) in [7, 11) is 0. The fourth-order valence-corrected chi connectivity index (χ4v) is 3.44. The van der Waals surface area contributed by atoms with E-state index in [2.05, 4.69) is 10.3 Å². The van der Waals surface area contributed by atoms with Crippen LogP contribution in [-0.4, -0.2) is 29.9 Å². The number of anilines is 2. The molecule has 1 N–H and O–H groups in total. The number of amides is 2. The number of benzene rings is 1. The molecule has 2 heterocycles. The van der Waals surface area contributed by atoms with Gasteiger partial charge in [-0.3, -0.25) is 9.59 Å². The number of nitrogens with one attached hydrogen (secondary N) is 1. The second-order valence-electron chi connectivity index (χ2n) is 5.85. The molecule has 2 amide bonds. The van der Waals surface area contributed by atoms with E-state index in [0.717, 1.165) is 29.8 Å². The highest BCUT2D eigenvalue weighted by molar-refractivity contribution is 7.14. The van der Waals surface area contributed by atoms with Crippen LogP contribution in [0.2, 0.25) is 0 Å². The molecule has 7 heteroatoms. The normalized spacial score (nSPS) is 13.4. The molecule has 0 unspecified atom stereocenters. The van der Waals surface area contributed by atoms with Crippen molar-refractivity contribution in [1.29, 1.82) is 0 Å². The second kappa shape index (κ2) is 7.65. The van der Waals surface area contributed by atoms with E-state index in [4.69, 9.17) is 4.74 Å². The van der Waals surface area contributed by atoms with E-state index in [9.17, 15) is 9.59 Å². The molecule has 1 aromatic heterocycles. The zero-order valence-corrected chi connectivity index (χ0v) is 15.2. The highest BCUT2D eigenvalue weighted by atomic mass is 32.1. The quantitative estimate of drug-likeness (QED) is 0.854. The first kappa shape index (κ1) is 17.4. The summed E-state index contributed by atoms with van der Waals surface area (Å²) in [6.07, 6.45) is 2.16. The van der Waals surface area contributed by atoms with Crippen LogP contribution in [-0.2, 0) is 9.59 Å². The first-order valence-corrected chi connectivity index (χ1v) is 9.33. The Labute approximate surface area is 150 Å². The summed E-state index contributed by atoms with van der Waals surface area (Å²) >= 11 is 1.39. The van der Waals surface area contributed by atoms with Gasteiger partial charge in [-0.05, 0) is 31.0 Å². The van der Waals surface area contributed by atoms with Crippen LogP contribution in [0.5, 0.6) is 5.75 Å². The summed E-state index contributed by atoms with van der Waals surface area (Å²) in [6.45, 7) is 4.74. The first-order chi connectivity index (χ1) is 12.1. The Bertz CT molecular complexity index is 788. The van der Waals surface area contributed by atoms with Crippen molar-refractivity contribution >= 4 is 34.0 Å². The summed E-state index contributed by atoms with van der Waals surface area (Å²) in [6, 6.07) is 5.72. The zero-order valence-electron chi connectivity index (χ0n) is 14.4. The van der Waals surface area contributed by atoms with Crippen LogP contribution in [0.25, 0.3) is 11.3 Å². The minimum Gasteiger partial charge on any atom is -0.482 e. The Morgan fingerprint density at radius 1 is 1.36 bits per heavy atom. The maximum absolute atomic E-state index is 12.1. The fourth-order valence-electron chi connectivity index (χ4n) is 2.70. The van der Waals surface area contributed by atoms with Gasteiger partial charge in [0.1, 0.15) is 5.75 Å². The Morgan fingerprint density at radius 3 is 2.96 bits per heavy atom. The van der Waals surface area contributed by atoms with E-state index in [1.54, 1.807) is 4.90 Å². The van der Waals surface area contributed by atoms with E-state index in [-0.39, 0.29) is 18.4 Å². The molecule has 0 saturated heterocycles. The molecule has 0 aliphatic carbocycles. The monoisotopic (exact) mass is 359 g/mol. The van der Waals surface area contributed by atoms with Gasteiger partial charge in [-0.1, -0.05) is 13.8 Å². The van der Waals surface area contributed by atoms with Gasteiger partial charge in [-0.25, -0.2) is 4.98 Å². The van der Waals surface area contributed by atoms with Gasteiger partial charge in [-0.15, -0.1) is 11.3 Å². The van der Waals surface area contributed by atoms with Crippen molar-refractivity contribution in [1.82, 2.24) is 4.98 Å². The Morgan fingerprint density at radius 2 is 2.20 bits per heavy atom. The molecule has 3 rings (SSSR count). The Hall–Kier alpha value is -2.41. The summed E-state index contributed by atoms with van der Waals surface area (Å²) in [5.41, 5.74) is 2.44. The highest BCUT2D eigenvalue weighted by Gasteiger charge is 2.25. The summed E-state index contributed by atoms with van der Waals surface area (Å²) in [4.78, 5) is 30.1.